The van der Waals surface area contributed by atoms with E-state index in [4.69, 9.17) is 4.74 Å². The van der Waals surface area contributed by atoms with Crippen LogP contribution in [0, 0.1) is 5.92 Å². The maximum absolute atomic E-state index is 10.3. The summed E-state index contributed by atoms with van der Waals surface area (Å²) in [6, 6.07) is 0. The summed E-state index contributed by atoms with van der Waals surface area (Å²) in [7, 11) is 0. The average Bonchev–Trinajstić information content (AvgIpc) is 2.44. The molecule has 2 aliphatic rings. The third-order valence-electron chi connectivity index (χ3n) is 3.89. The Labute approximate surface area is 92.4 Å². The van der Waals surface area contributed by atoms with E-state index in [2.05, 4.69) is 11.8 Å². The summed E-state index contributed by atoms with van der Waals surface area (Å²) in [5.41, 5.74) is -0.586. The summed E-state index contributed by atoms with van der Waals surface area (Å²) >= 11 is 0. The van der Waals surface area contributed by atoms with Crippen molar-refractivity contribution < 1.29 is 9.84 Å². The Kier molecular flexibility index (Phi) is 3.33. The summed E-state index contributed by atoms with van der Waals surface area (Å²) in [5.74, 6) is 0.872. The molecule has 0 radical (unpaired) electrons. The molecule has 2 heterocycles. The van der Waals surface area contributed by atoms with Crippen molar-refractivity contribution in [3.63, 3.8) is 0 Å². The van der Waals surface area contributed by atoms with Crippen LogP contribution in [0.15, 0.2) is 0 Å². The zero-order valence-electron chi connectivity index (χ0n) is 9.91. The molecule has 2 atom stereocenters. The van der Waals surface area contributed by atoms with Gasteiger partial charge in [-0.1, -0.05) is 13.3 Å². The summed E-state index contributed by atoms with van der Waals surface area (Å²) in [6.07, 6.45) is 3.41. The fraction of sp³-hybridized carbons (Fsp3) is 1.00. The molecule has 2 rings (SSSR count). The molecule has 0 aromatic heterocycles. The van der Waals surface area contributed by atoms with E-state index in [9.17, 15) is 5.11 Å². The van der Waals surface area contributed by atoms with Gasteiger partial charge in [-0.2, -0.15) is 0 Å². The largest absolute Gasteiger partial charge is 0.386 e. The van der Waals surface area contributed by atoms with E-state index >= 15 is 0 Å². The fourth-order valence-electron chi connectivity index (χ4n) is 2.76. The van der Waals surface area contributed by atoms with E-state index in [-0.39, 0.29) is 6.10 Å². The Morgan fingerprint density at radius 1 is 1.47 bits per heavy atom. The lowest BCUT2D eigenvalue weighted by atomic mass is 9.90. The number of nitrogens with zero attached hydrogens (tertiary/aromatic N) is 1. The molecule has 2 fully saturated rings. The molecule has 0 bridgehead atoms. The molecular weight excluding hydrogens is 190 g/mol. The minimum absolute atomic E-state index is 0.00252. The van der Waals surface area contributed by atoms with Crippen molar-refractivity contribution in [3.05, 3.63) is 0 Å². The summed E-state index contributed by atoms with van der Waals surface area (Å²) in [5, 5.41) is 10.3. The van der Waals surface area contributed by atoms with Crippen molar-refractivity contribution in [2.75, 3.05) is 26.2 Å². The molecule has 0 aromatic rings. The number of aliphatic hydroxyl groups is 1. The van der Waals surface area contributed by atoms with Gasteiger partial charge in [-0.25, -0.2) is 0 Å². The lowest BCUT2D eigenvalue weighted by Gasteiger charge is -2.43. The first-order valence-electron chi connectivity index (χ1n) is 6.20. The number of hydrogen-bond donors (Lipinski definition) is 1. The van der Waals surface area contributed by atoms with Crippen LogP contribution in [0.1, 0.15) is 33.1 Å². The maximum atomic E-state index is 10.3. The topological polar surface area (TPSA) is 32.7 Å². The van der Waals surface area contributed by atoms with Gasteiger partial charge in [-0.05, 0) is 19.3 Å². The lowest BCUT2D eigenvalue weighted by Crippen LogP contribution is -2.55. The third kappa shape index (κ3) is 2.35. The second-order valence-corrected chi connectivity index (χ2v) is 5.22. The zero-order chi connectivity index (χ0) is 10.9. The molecule has 88 valence electrons. The lowest BCUT2D eigenvalue weighted by molar-refractivity contribution is -0.0695. The first-order chi connectivity index (χ1) is 7.14. The van der Waals surface area contributed by atoms with Gasteiger partial charge in [0.15, 0.2) is 0 Å². The van der Waals surface area contributed by atoms with Crippen LogP contribution in [0.5, 0.6) is 0 Å². The van der Waals surface area contributed by atoms with Crippen LogP contribution in [-0.4, -0.2) is 48.0 Å². The molecule has 2 unspecified atom stereocenters. The van der Waals surface area contributed by atoms with Crippen LogP contribution in [0.4, 0.5) is 0 Å². The average molecular weight is 213 g/mol. The molecule has 3 heteroatoms. The summed E-state index contributed by atoms with van der Waals surface area (Å²) in [4.78, 5) is 2.37. The van der Waals surface area contributed by atoms with E-state index in [0.29, 0.717) is 6.61 Å². The number of rotatable bonds is 4. The van der Waals surface area contributed by atoms with Gasteiger partial charge in [0.1, 0.15) is 5.60 Å². The molecule has 0 aliphatic carbocycles. The highest BCUT2D eigenvalue weighted by atomic mass is 16.5. The SMILES string of the molecule is CCCC1CN(CC2(O)CCOC2C)C1. The highest BCUT2D eigenvalue weighted by Gasteiger charge is 2.42. The highest BCUT2D eigenvalue weighted by Crippen LogP contribution is 2.30. The Hall–Kier alpha value is -0.120. The van der Waals surface area contributed by atoms with Gasteiger partial charge in [0.25, 0.3) is 0 Å². The maximum Gasteiger partial charge on any atom is 0.105 e. The quantitative estimate of drug-likeness (QED) is 0.763. The van der Waals surface area contributed by atoms with Crippen molar-refractivity contribution in [2.24, 2.45) is 5.92 Å². The molecule has 0 saturated carbocycles. The van der Waals surface area contributed by atoms with Gasteiger partial charge >= 0.3 is 0 Å². The predicted octanol–water partition coefficient (Wildman–Crippen LogP) is 1.26. The molecule has 2 saturated heterocycles. The zero-order valence-corrected chi connectivity index (χ0v) is 9.91. The van der Waals surface area contributed by atoms with Crippen LogP contribution in [0.3, 0.4) is 0 Å². The molecular formula is C12H23NO2. The van der Waals surface area contributed by atoms with Crippen LogP contribution < -0.4 is 0 Å². The van der Waals surface area contributed by atoms with Gasteiger partial charge in [-0.15, -0.1) is 0 Å². The summed E-state index contributed by atoms with van der Waals surface area (Å²) < 4.78 is 5.44. The van der Waals surface area contributed by atoms with Gasteiger partial charge < -0.3 is 9.84 Å². The standard InChI is InChI=1S/C12H23NO2/c1-3-4-11-7-13(8-11)9-12(14)5-6-15-10(12)2/h10-11,14H,3-9H2,1-2H3. The van der Waals surface area contributed by atoms with E-state index in [1.165, 1.54) is 25.9 Å². The second kappa shape index (κ2) is 4.40. The first kappa shape index (κ1) is 11.4. The monoisotopic (exact) mass is 213 g/mol. The minimum atomic E-state index is -0.586. The first-order valence-corrected chi connectivity index (χ1v) is 6.20. The van der Waals surface area contributed by atoms with Crippen molar-refractivity contribution in [1.82, 2.24) is 4.90 Å². The third-order valence-corrected chi connectivity index (χ3v) is 3.89. The van der Waals surface area contributed by atoms with Crippen molar-refractivity contribution >= 4 is 0 Å². The second-order valence-electron chi connectivity index (χ2n) is 5.22. The van der Waals surface area contributed by atoms with E-state index < -0.39 is 5.60 Å². The van der Waals surface area contributed by atoms with Crippen molar-refractivity contribution in [2.45, 2.75) is 44.8 Å². The molecule has 0 aromatic carbocycles. The number of ether oxygens (including phenoxy) is 1. The van der Waals surface area contributed by atoms with Gasteiger partial charge in [0.05, 0.1) is 6.10 Å². The minimum Gasteiger partial charge on any atom is -0.386 e. The molecule has 2 aliphatic heterocycles. The Bertz CT molecular complexity index is 216. The molecule has 15 heavy (non-hydrogen) atoms. The van der Waals surface area contributed by atoms with E-state index in [1.807, 2.05) is 6.92 Å². The van der Waals surface area contributed by atoms with Gasteiger partial charge in [0, 0.05) is 32.7 Å². The summed E-state index contributed by atoms with van der Waals surface area (Å²) in [6.45, 7) is 8.07. The van der Waals surface area contributed by atoms with Gasteiger partial charge in [-0.3, -0.25) is 4.90 Å². The van der Waals surface area contributed by atoms with Crippen molar-refractivity contribution in [1.29, 1.82) is 0 Å². The number of likely N-dealkylation sites (tertiary alicyclic amines) is 1. The Morgan fingerprint density at radius 3 is 2.73 bits per heavy atom. The Balaban J connectivity index is 1.74. The molecule has 3 nitrogen and oxygen atoms in total. The number of hydrogen-bond acceptors (Lipinski definition) is 3. The van der Waals surface area contributed by atoms with E-state index in [0.717, 1.165) is 18.9 Å². The normalized spacial score (nSPS) is 38.2. The smallest absolute Gasteiger partial charge is 0.105 e. The fourth-order valence-corrected chi connectivity index (χ4v) is 2.76. The highest BCUT2D eigenvalue weighted by molar-refractivity contribution is 4.95. The van der Waals surface area contributed by atoms with Crippen LogP contribution in [0.2, 0.25) is 0 Å². The molecule has 0 spiro atoms. The Morgan fingerprint density at radius 2 is 2.20 bits per heavy atom. The van der Waals surface area contributed by atoms with Crippen LogP contribution >= 0.6 is 0 Å². The predicted molar refractivity (Wildman–Crippen MR) is 59.8 cm³/mol. The van der Waals surface area contributed by atoms with E-state index in [1.54, 1.807) is 0 Å². The van der Waals surface area contributed by atoms with Crippen LogP contribution in [-0.2, 0) is 4.74 Å². The van der Waals surface area contributed by atoms with Crippen molar-refractivity contribution in [3.8, 4) is 0 Å². The molecule has 1 N–H and O–H groups in total. The number of β-amino-alcohol motifs (C(OH)–C–C–N with tert-alkyl or cyclic N) is 1. The van der Waals surface area contributed by atoms with Gasteiger partial charge in [0.2, 0.25) is 0 Å². The van der Waals surface area contributed by atoms with Crippen LogP contribution in [0.25, 0.3) is 0 Å². The molecule has 0 amide bonds.